The SMILES string of the molecule is COc1cc(NC(=O)CCN2CCCN(c3nccs3)CC2)cc(OC)c1OC. The third-order valence-electron chi connectivity index (χ3n) is 4.88. The smallest absolute Gasteiger partial charge is 0.225 e. The molecule has 1 aliphatic heterocycles. The van der Waals surface area contributed by atoms with Crippen LogP contribution in [0.3, 0.4) is 0 Å². The summed E-state index contributed by atoms with van der Waals surface area (Å²) >= 11 is 1.67. The van der Waals surface area contributed by atoms with E-state index in [0.717, 1.165) is 44.3 Å². The van der Waals surface area contributed by atoms with Crippen molar-refractivity contribution >= 4 is 28.1 Å². The molecule has 0 bridgehead atoms. The van der Waals surface area contributed by atoms with Crippen molar-refractivity contribution in [1.29, 1.82) is 0 Å². The molecule has 9 heteroatoms. The lowest BCUT2D eigenvalue weighted by atomic mass is 10.2. The highest BCUT2D eigenvalue weighted by molar-refractivity contribution is 7.13. The Morgan fingerprint density at radius 3 is 2.48 bits per heavy atom. The maximum Gasteiger partial charge on any atom is 0.225 e. The third-order valence-corrected chi connectivity index (χ3v) is 5.71. The normalized spacial score (nSPS) is 14.9. The van der Waals surface area contributed by atoms with Crippen molar-refractivity contribution in [2.24, 2.45) is 0 Å². The number of hydrogen-bond donors (Lipinski definition) is 1. The molecule has 158 valence electrons. The minimum atomic E-state index is -0.0414. The number of ether oxygens (including phenoxy) is 3. The lowest BCUT2D eigenvalue weighted by Gasteiger charge is -2.21. The predicted octanol–water partition coefficient (Wildman–Crippen LogP) is 2.71. The van der Waals surface area contributed by atoms with Gasteiger partial charge >= 0.3 is 0 Å². The first-order valence-electron chi connectivity index (χ1n) is 9.61. The summed E-state index contributed by atoms with van der Waals surface area (Å²) in [6, 6.07) is 3.47. The Balaban J connectivity index is 1.52. The van der Waals surface area contributed by atoms with Crippen LogP contribution in [0, 0.1) is 0 Å². The number of aromatic nitrogens is 1. The Morgan fingerprint density at radius 2 is 1.86 bits per heavy atom. The molecule has 29 heavy (non-hydrogen) atoms. The Kier molecular flexibility index (Phi) is 7.54. The Morgan fingerprint density at radius 1 is 1.10 bits per heavy atom. The van der Waals surface area contributed by atoms with Gasteiger partial charge in [-0.05, 0) is 13.0 Å². The molecule has 0 atom stereocenters. The molecule has 1 amide bonds. The van der Waals surface area contributed by atoms with E-state index in [4.69, 9.17) is 14.2 Å². The largest absolute Gasteiger partial charge is 0.493 e. The van der Waals surface area contributed by atoms with Crippen molar-refractivity contribution in [3.05, 3.63) is 23.7 Å². The number of benzene rings is 1. The number of carbonyl (C=O) groups excluding carboxylic acids is 1. The number of thiazole rings is 1. The maximum absolute atomic E-state index is 12.5. The van der Waals surface area contributed by atoms with E-state index in [1.807, 2.05) is 11.6 Å². The molecule has 0 unspecified atom stereocenters. The molecular weight excluding hydrogens is 392 g/mol. The van der Waals surface area contributed by atoms with Crippen LogP contribution in [0.25, 0.3) is 0 Å². The number of carbonyl (C=O) groups is 1. The van der Waals surface area contributed by atoms with Gasteiger partial charge in [0.25, 0.3) is 0 Å². The fourth-order valence-electron chi connectivity index (χ4n) is 3.39. The standard InChI is InChI=1S/C20H28N4O4S/c1-26-16-13-15(14-17(27-2)19(16)28-3)22-18(25)5-9-23-7-4-8-24(11-10-23)20-21-6-12-29-20/h6,12-14H,4-5,7-11H2,1-3H3,(H,22,25). The quantitative estimate of drug-likeness (QED) is 0.704. The molecule has 1 fully saturated rings. The summed E-state index contributed by atoms with van der Waals surface area (Å²) in [6.45, 7) is 4.57. The molecule has 2 heterocycles. The molecule has 1 saturated heterocycles. The van der Waals surface area contributed by atoms with Crippen LogP contribution in [0.2, 0.25) is 0 Å². The third kappa shape index (κ3) is 5.51. The van der Waals surface area contributed by atoms with Gasteiger partial charge in [-0.25, -0.2) is 4.98 Å². The van der Waals surface area contributed by atoms with Crippen molar-refractivity contribution in [3.8, 4) is 17.2 Å². The van der Waals surface area contributed by atoms with Gasteiger partial charge in [-0.2, -0.15) is 0 Å². The summed E-state index contributed by atoms with van der Waals surface area (Å²) in [5.41, 5.74) is 0.621. The molecule has 1 aromatic carbocycles. The van der Waals surface area contributed by atoms with Crippen molar-refractivity contribution in [2.75, 3.05) is 64.3 Å². The zero-order valence-corrected chi connectivity index (χ0v) is 18.0. The second-order valence-electron chi connectivity index (χ2n) is 6.71. The van der Waals surface area contributed by atoms with Crippen LogP contribution in [0.4, 0.5) is 10.8 Å². The predicted molar refractivity (Wildman–Crippen MR) is 115 cm³/mol. The Hall–Kier alpha value is -2.52. The number of methoxy groups -OCH3 is 3. The molecule has 8 nitrogen and oxygen atoms in total. The topological polar surface area (TPSA) is 76.2 Å². The first-order valence-corrected chi connectivity index (χ1v) is 10.5. The summed E-state index contributed by atoms with van der Waals surface area (Å²) in [4.78, 5) is 21.5. The lowest BCUT2D eigenvalue weighted by molar-refractivity contribution is -0.116. The molecule has 0 radical (unpaired) electrons. The molecule has 0 saturated carbocycles. The monoisotopic (exact) mass is 420 g/mol. The highest BCUT2D eigenvalue weighted by Crippen LogP contribution is 2.39. The van der Waals surface area contributed by atoms with Crippen molar-refractivity contribution in [3.63, 3.8) is 0 Å². The van der Waals surface area contributed by atoms with Gasteiger partial charge in [0.15, 0.2) is 16.6 Å². The lowest BCUT2D eigenvalue weighted by Crippen LogP contribution is -2.32. The number of anilines is 2. The van der Waals surface area contributed by atoms with Gasteiger partial charge in [-0.1, -0.05) is 0 Å². The van der Waals surface area contributed by atoms with Crippen molar-refractivity contribution in [2.45, 2.75) is 12.8 Å². The number of rotatable bonds is 8. The van der Waals surface area contributed by atoms with E-state index in [0.29, 0.717) is 29.4 Å². The Labute approximate surface area is 175 Å². The van der Waals surface area contributed by atoms with Gasteiger partial charge in [0.1, 0.15) is 0 Å². The van der Waals surface area contributed by atoms with Crippen LogP contribution < -0.4 is 24.4 Å². The van der Waals surface area contributed by atoms with E-state index in [1.165, 1.54) is 0 Å². The molecule has 1 aliphatic rings. The number of nitrogens with zero attached hydrogens (tertiary/aromatic N) is 3. The van der Waals surface area contributed by atoms with E-state index >= 15 is 0 Å². The summed E-state index contributed by atoms with van der Waals surface area (Å²) < 4.78 is 16.0. The molecule has 2 aromatic rings. The first-order chi connectivity index (χ1) is 14.1. The molecular formula is C20H28N4O4S. The fourth-order valence-corrected chi connectivity index (χ4v) is 4.09. The van der Waals surface area contributed by atoms with Crippen LogP contribution in [0.15, 0.2) is 23.7 Å². The van der Waals surface area contributed by atoms with Gasteiger partial charge < -0.3 is 29.3 Å². The molecule has 1 aromatic heterocycles. The zero-order chi connectivity index (χ0) is 20.6. The molecule has 0 aliphatic carbocycles. The summed E-state index contributed by atoms with van der Waals surface area (Å²) in [7, 11) is 4.66. The van der Waals surface area contributed by atoms with Gasteiger partial charge in [0, 0.05) is 62.0 Å². The van der Waals surface area contributed by atoms with E-state index in [9.17, 15) is 4.79 Å². The van der Waals surface area contributed by atoms with E-state index in [1.54, 1.807) is 44.8 Å². The second-order valence-corrected chi connectivity index (χ2v) is 7.58. The van der Waals surface area contributed by atoms with Crippen LogP contribution in [-0.2, 0) is 4.79 Å². The average molecular weight is 421 g/mol. The highest BCUT2D eigenvalue weighted by Gasteiger charge is 2.18. The molecule has 3 rings (SSSR count). The van der Waals surface area contributed by atoms with Crippen LogP contribution >= 0.6 is 11.3 Å². The highest BCUT2D eigenvalue weighted by atomic mass is 32.1. The fraction of sp³-hybridized carbons (Fsp3) is 0.500. The first kappa shape index (κ1) is 21.2. The number of nitrogens with one attached hydrogen (secondary N) is 1. The number of amides is 1. The Bertz CT molecular complexity index is 775. The van der Waals surface area contributed by atoms with Gasteiger partial charge in [0.05, 0.1) is 21.3 Å². The van der Waals surface area contributed by atoms with Crippen molar-refractivity contribution < 1.29 is 19.0 Å². The van der Waals surface area contributed by atoms with Gasteiger partial charge in [-0.15, -0.1) is 11.3 Å². The zero-order valence-electron chi connectivity index (χ0n) is 17.1. The summed E-state index contributed by atoms with van der Waals surface area (Å²) in [6.07, 6.45) is 3.33. The van der Waals surface area contributed by atoms with E-state index in [2.05, 4.69) is 20.1 Å². The minimum absolute atomic E-state index is 0.0414. The summed E-state index contributed by atoms with van der Waals surface area (Å²) in [5, 5.41) is 6.01. The van der Waals surface area contributed by atoms with E-state index in [-0.39, 0.29) is 5.91 Å². The van der Waals surface area contributed by atoms with Gasteiger partial charge in [-0.3, -0.25) is 4.79 Å². The number of hydrogen-bond acceptors (Lipinski definition) is 8. The molecule has 1 N–H and O–H groups in total. The van der Waals surface area contributed by atoms with Crippen molar-refractivity contribution in [1.82, 2.24) is 9.88 Å². The van der Waals surface area contributed by atoms with Gasteiger partial charge in [0.2, 0.25) is 11.7 Å². The maximum atomic E-state index is 12.5. The molecule has 0 spiro atoms. The average Bonchev–Trinajstić information content (AvgIpc) is 3.17. The van der Waals surface area contributed by atoms with Crippen LogP contribution in [0.5, 0.6) is 17.2 Å². The summed E-state index contributed by atoms with van der Waals surface area (Å²) in [5.74, 6) is 1.48. The van der Waals surface area contributed by atoms with E-state index < -0.39 is 0 Å². The van der Waals surface area contributed by atoms with Crippen LogP contribution in [-0.4, -0.2) is 69.8 Å². The van der Waals surface area contributed by atoms with Crippen LogP contribution in [0.1, 0.15) is 12.8 Å². The second kappa shape index (κ2) is 10.3. The minimum Gasteiger partial charge on any atom is -0.493 e.